The van der Waals surface area contributed by atoms with Gasteiger partial charge in [-0.2, -0.15) is 0 Å². The number of benzene rings is 1. The summed E-state index contributed by atoms with van der Waals surface area (Å²) in [5, 5.41) is 10.5. The lowest BCUT2D eigenvalue weighted by Crippen LogP contribution is -2.04. The first kappa shape index (κ1) is 9.80. The first-order valence-electron chi connectivity index (χ1n) is 4.25. The van der Waals surface area contributed by atoms with Crippen molar-refractivity contribution < 1.29 is 4.92 Å². The van der Waals surface area contributed by atoms with Crippen LogP contribution in [0.15, 0.2) is 23.1 Å². The van der Waals surface area contributed by atoms with Crippen molar-refractivity contribution in [2.24, 2.45) is 0 Å². The third-order valence-electron chi connectivity index (χ3n) is 2.15. The summed E-state index contributed by atoms with van der Waals surface area (Å²) >= 11 is 7.55. The molecule has 0 aliphatic carbocycles. The Bertz CT molecular complexity index is 383. The van der Waals surface area contributed by atoms with Crippen molar-refractivity contribution in [3.05, 3.63) is 33.9 Å². The van der Waals surface area contributed by atoms with Crippen molar-refractivity contribution in [3.63, 3.8) is 0 Å². The zero-order valence-electron chi connectivity index (χ0n) is 7.27. The van der Waals surface area contributed by atoms with Crippen LogP contribution in [0.25, 0.3) is 0 Å². The molecular weight excluding hydrogens is 222 g/mol. The average molecular weight is 230 g/mol. The molecule has 1 aliphatic rings. The molecule has 0 radical (unpaired) electrons. The number of fused-ring (bicyclic) bond motifs is 1. The molecule has 1 atom stereocenters. The van der Waals surface area contributed by atoms with Gasteiger partial charge < -0.3 is 0 Å². The van der Waals surface area contributed by atoms with Gasteiger partial charge in [-0.25, -0.2) is 0 Å². The molecule has 74 valence electrons. The molecular formula is C9H8ClNO2S. The summed E-state index contributed by atoms with van der Waals surface area (Å²) in [6.07, 6.45) is 1.71. The molecule has 0 aromatic heterocycles. The second-order valence-electron chi connectivity index (χ2n) is 3.12. The Morgan fingerprint density at radius 1 is 1.57 bits per heavy atom. The van der Waals surface area contributed by atoms with Gasteiger partial charge in [0.05, 0.1) is 9.63 Å². The number of thioether (sulfide) groups is 1. The number of rotatable bonds is 1. The second-order valence-corrected chi connectivity index (χ2v) is 5.15. The summed E-state index contributed by atoms with van der Waals surface area (Å²) < 4.78 is 0.101. The van der Waals surface area contributed by atoms with Crippen LogP contribution in [0.3, 0.4) is 0 Å². The molecule has 5 heteroatoms. The molecule has 1 unspecified atom stereocenters. The van der Waals surface area contributed by atoms with Gasteiger partial charge >= 0.3 is 0 Å². The maximum absolute atomic E-state index is 10.5. The summed E-state index contributed by atoms with van der Waals surface area (Å²) in [6, 6.07) is 4.96. The van der Waals surface area contributed by atoms with Crippen molar-refractivity contribution in [2.75, 3.05) is 0 Å². The molecule has 1 aliphatic heterocycles. The predicted octanol–water partition coefficient (Wildman–Crippen LogP) is 3.20. The van der Waals surface area contributed by atoms with Crippen LogP contribution in [0.4, 0.5) is 5.69 Å². The van der Waals surface area contributed by atoms with Gasteiger partial charge in [0.15, 0.2) is 0 Å². The van der Waals surface area contributed by atoms with E-state index in [0.717, 1.165) is 23.3 Å². The number of nitrogens with zero attached hydrogens (tertiary/aromatic N) is 1. The van der Waals surface area contributed by atoms with Crippen molar-refractivity contribution in [1.82, 2.24) is 0 Å². The highest BCUT2D eigenvalue weighted by Crippen LogP contribution is 2.38. The Balaban J connectivity index is 2.36. The SMILES string of the molecule is O=[N+]([O-])c1ccc2c(c1)CCC(Cl)S2. The number of alkyl halides is 1. The molecule has 0 fully saturated rings. The fourth-order valence-corrected chi connectivity index (χ4v) is 2.82. The summed E-state index contributed by atoms with van der Waals surface area (Å²) in [5.41, 5.74) is 1.21. The highest BCUT2D eigenvalue weighted by molar-refractivity contribution is 8.01. The zero-order valence-corrected chi connectivity index (χ0v) is 8.85. The Labute approximate surface area is 90.6 Å². The van der Waals surface area contributed by atoms with E-state index < -0.39 is 0 Å². The summed E-state index contributed by atoms with van der Waals surface area (Å²) in [7, 11) is 0. The predicted molar refractivity (Wildman–Crippen MR) is 56.9 cm³/mol. The maximum atomic E-state index is 10.5. The maximum Gasteiger partial charge on any atom is 0.269 e. The lowest BCUT2D eigenvalue weighted by atomic mass is 10.1. The second kappa shape index (κ2) is 3.79. The third kappa shape index (κ3) is 1.86. The fourth-order valence-electron chi connectivity index (χ4n) is 1.46. The molecule has 1 aromatic rings. The topological polar surface area (TPSA) is 43.1 Å². The van der Waals surface area contributed by atoms with Crippen molar-refractivity contribution in [1.29, 1.82) is 0 Å². The molecule has 3 nitrogen and oxygen atoms in total. The smallest absolute Gasteiger partial charge is 0.258 e. The van der Waals surface area contributed by atoms with Crippen LogP contribution in [0, 0.1) is 10.1 Å². The van der Waals surface area contributed by atoms with E-state index >= 15 is 0 Å². The molecule has 0 saturated heterocycles. The Morgan fingerprint density at radius 3 is 3.07 bits per heavy atom. The van der Waals surface area contributed by atoms with Gasteiger partial charge in [-0.15, -0.1) is 23.4 Å². The van der Waals surface area contributed by atoms with Crippen LogP contribution in [0.5, 0.6) is 0 Å². The van der Waals surface area contributed by atoms with Crippen molar-refractivity contribution >= 4 is 29.1 Å². The first-order chi connectivity index (χ1) is 6.66. The largest absolute Gasteiger partial charge is 0.269 e. The van der Waals surface area contributed by atoms with E-state index in [2.05, 4.69) is 0 Å². The van der Waals surface area contributed by atoms with Gasteiger partial charge in [0.1, 0.15) is 0 Å². The van der Waals surface area contributed by atoms with Crippen LogP contribution < -0.4 is 0 Å². The summed E-state index contributed by atoms with van der Waals surface area (Å²) in [4.78, 5) is 11.2. The minimum atomic E-state index is -0.363. The van der Waals surface area contributed by atoms with Gasteiger partial charge in [-0.3, -0.25) is 10.1 Å². The van der Waals surface area contributed by atoms with Gasteiger partial charge in [-0.05, 0) is 24.5 Å². The number of nitro groups is 1. The van der Waals surface area contributed by atoms with Crippen molar-refractivity contribution in [3.8, 4) is 0 Å². The Morgan fingerprint density at radius 2 is 2.36 bits per heavy atom. The number of hydrogen-bond donors (Lipinski definition) is 0. The molecule has 0 N–H and O–H groups in total. The molecule has 14 heavy (non-hydrogen) atoms. The molecule has 0 amide bonds. The number of nitro benzene ring substituents is 1. The fraction of sp³-hybridized carbons (Fsp3) is 0.333. The van der Waals surface area contributed by atoms with E-state index in [1.54, 1.807) is 23.9 Å². The molecule has 1 heterocycles. The minimum absolute atomic E-state index is 0.101. The lowest BCUT2D eigenvalue weighted by Gasteiger charge is -2.18. The van der Waals surface area contributed by atoms with E-state index in [4.69, 9.17) is 11.6 Å². The highest BCUT2D eigenvalue weighted by Gasteiger charge is 2.19. The minimum Gasteiger partial charge on any atom is -0.258 e. The van der Waals surface area contributed by atoms with E-state index in [1.165, 1.54) is 6.07 Å². The van der Waals surface area contributed by atoms with Gasteiger partial charge in [0, 0.05) is 17.0 Å². The Kier molecular flexibility index (Phi) is 2.65. The number of hydrogen-bond acceptors (Lipinski definition) is 3. The molecule has 2 rings (SSSR count). The normalized spacial score (nSPS) is 20.2. The van der Waals surface area contributed by atoms with Crippen LogP contribution in [-0.4, -0.2) is 9.63 Å². The quantitative estimate of drug-likeness (QED) is 0.422. The van der Waals surface area contributed by atoms with Gasteiger partial charge in [-0.1, -0.05) is 0 Å². The van der Waals surface area contributed by atoms with E-state index in [1.807, 2.05) is 0 Å². The molecule has 0 saturated carbocycles. The zero-order chi connectivity index (χ0) is 10.1. The van der Waals surface area contributed by atoms with E-state index in [-0.39, 0.29) is 15.3 Å². The summed E-state index contributed by atoms with van der Waals surface area (Å²) in [5.74, 6) is 0. The highest BCUT2D eigenvalue weighted by atomic mass is 35.5. The first-order valence-corrected chi connectivity index (χ1v) is 5.56. The standard InChI is InChI=1S/C9H8ClNO2S/c10-9-4-1-6-5-7(11(12)13)2-3-8(6)14-9/h2-3,5,9H,1,4H2. The van der Waals surface area contributed by atoms with Gasteiger partial charge in [0.25, 0.3) is 5.69 Å². The molecule has 0 spiro atoms. The van der Waals surface area contributed by atoms with Gasteiger partial charge in [0.2, 0.25) is 0 Å². The molecule has 1 aromatic carbocycles. The van der Waals surface area contributed by atoms with E-state index in [0.29, 0.717) is 0 Å². The van der Waals surface area contributed by atoms with Crippen LogP contribution in [0.2, 0.25) is 0 Å². The molecule has 0 bridgehead atoms. The number of non-ortho nitro benzene ring substituents is 1. The number of halogens is 1. The average Bonchev–Trinajstić information content (AvgIpc) is 2.16. The van der Waals surface area contributed by atoms with Crippen LogP contribution in [0.1, 0.15) is 12.0 Å². The monoisotopic (exact) mass is 229 g/mol. The lowest BCUT2D eigenvalue weighted by molar-refractivity contribution is -0.385. The summed E-state index contributed by atoms with van der Waals surface area (Å²) in [6.45, 7) is 0. The van der Waals surface area contributed by atoms with Crippen LogP contribution >= 0.6 is 23.4 Å². The number of aryl methyl sites for hydroxylation is 1. The Hall–Kier alpha value is -0.740. The van der Waals surface area contributed by atoms with E-state index in [9.17, 15) is 10.1 Å². The van der Waals surface area contributed by atoms with Crippen molar-refractivity contribution in [2.45, 2.75) is 22.4 Å². The third-order valence-corrected chi connectivity index (χ3v) is 3.78. The van der Waals surface area contributed by atoms with Crippen LogP contribution in [-0.2, 0) is 6.42 Å².